The zero-order chi connectivity index (χ0) is 18.0. The highest BCUT2D eigenvalue weighted by Crippen LogP contribution is 2.27. The molecular formula is C17H20Cl2N2O3S. The number of allylic oxidation sites excluding steroid dienone is 2. The van der Waals surface area contributed by atoms with E-state index in [0.717, 1.165) is 12.8 Å². The van der Waals surface area contributed by atoms with Crippen LogP contribution in [0.2, 0.25) is 10.0 Å². The number of amides is 1. The van der Waals surface area contributed by atoms with Crippen molar-refractivity contribution in [1.29, 1.82) is 0 Å². The van der Waals surface area contributed by atoms with Gasteiger partial charge in [0.05, 0.1) is 14.9 Å². The van der Waals surface area contributed by atoms with Gasteiger partial charge < -0.3 is 4.90 Å². The Morgan fingerprint density at radius 1 is 1.12 bits per heavy atom. The average Bonchev–Trinajstić information content (AvgIpc) is 3.10. The first-order valence-electron chi connectivity index (χ1n) is 8.27. The summed E-state index contributed by atoms with van der Waals surface area (Å²) in [5, 5.41) is 0.526. The lowest BCUT2D eigenvalue weighted by Gasteiger charge is -2.34. The number of benzene rings is 1. The molecular weight excluding hydrogens is 383 g/mol. The summed E-state index contributed by atoms with van der Waals surface area (Å²) < 4.78 is 26.8. The second-order valence-electron chi connectivity index (χ2n) is 6.33. The van der Waals surface area contributed by atoms with E-state index in [9.17, 15) is 13.2 Å². The first kappa shape index (κ1) is 18.7. The van der Waals surface area contributed by atoms with Crippen LogP contribution in [0, 0.1) is 5.92 Å². The van der Waals surface area contributed by atoms with Gasteiger partial charge in [0.1, 0.15) is 0 Å². The summed E-state index contributed by atoms with van der Waals surface area (Å²) >= 11 is 11.8. The number of rotatable bonds is 4. The van der Waals surface area contributed by atoms with Crippen LogP contribution in [-0.4, -0.2) is 49.7 Å². The number of hydrogen-bond donors (Lipinski definition) is 0. The van der Waals surface area contributed by atoms with Crippen molar-refractivity contribution in [3.63, 3.8) is 0 Å². The minimum atomic E-state index is -3.63. The van der Waals surface area contributed by atoms with Gasteiger partial charge in [0.15, 0.2) is 0 Å². The lowest BCUT2D eigenvalue weighted by Crippen LogP contribution is -2.50. The second-order valence-corrected chi connectivity index (χ2v) is 9.08. The number of nitrogens with zero attached hydrogens (tertiary/aromatic N) is 2. The number of halogens is 2. The maximum Gasteiger partial charge on any atom is 0.243 e. The molecule has 1 fully saturated rings. The normalized spacial score (nSPS) is 21.7. The second kappa shape index (κ2) is 7.66. The van der Waals surface area contributed by atoms with Gasteiger partial charge in [-0.15, -0.1) is 0 Å². The number of carbonyl (C=O) groups excluding carboxylic acids is 1. The SMILES string of the molecule is O=C(CC1C=CCC1)N1CCN(S(=O)(=O)c2ccc(Cl)c(Cl)c2)CC1. The molecule has 1 amide bonds. The zero-order valence-corrected chi connectivity index (χ0v) is 16.0. The van der Waals surface area contributed by atoms with Crippen LogP contribution >= 0.6 is 23.2 Å². The molecule has 1 atom stereocenters. The number of sulfonamides is 1. The maximum absolute atomic E-state index is 12.7. The first-order chi connectivity index (χ1) is 11.9. The van der Waals surface area contributed by atoms with Gasteiger partial charge in [0.2, 0.25) is 15.9 Å². The van der Waals surface area contributed by atoms with Crippen LogP contribution in [0.1, 0.15) is 19.3 Å². The Bertz CT molecular complexity index is 787. The van der Waals surface area contributed by atoms with Crippen LogP contribution in [0.5, 0.6) is 0 Å². The van der Waals surface area contributed by atoms with Crippen LogP contribution in [0.4, 0.5) is 0 Å². The smallest absolute Gasteiger partial charge is 0.243 e. The zero-order valence-electron chi connectivity index (χ0n) is 13.7. The van der Waals surface area contributed by atoms with Gasteiger partial charge in [0, 0.05) is 32.6 Å². The molecule has 1 aromatic carbocycles. The highest BCUT2D eigenvalue weighted by molar-refractivity contribution is 7.89. The summed E-state index contributed by atoms with van der Waals surface area (Å²) in [4.78, 5) is 14.2. The Morgan fingerprint density at radius 3 is 2.44 bits per heavy atom. The van der Waals surface area contributed by atoms with Crippen molar-refractivity contribution in [3.05, 3.63) is 40.4 Å². The fourth-order valence-corrected chi connectivity index (χ4v) is 4.99. The van der Waals surface area contributed by atoms with Gasteiger partial charge in [-0.2, -0.15) is 4.31 Å². The Hall–Kier alpha value is -1.08. The minimum absolute atomic E-state index is 0.100. The predicted octanol–water partition coefficient (Wildman–Crippen LogP) is 3.18. The molecule has 0 bridgehead atoms. The lowest BCUT2D eigenvalue weighted by molar-refractivity contribution is -0.133. The highest BCUT2D eigenvalue weighted by Gasteiger charge is 2.31. The van der Waals surface area contributed by atoms with Crippen molar-refractivity contribution in [2.75, 3.05) is 26.2 Å². The third-order valence-corrected chi connectivity index (χ3v) is 7.30. The van der Waals surface area contributed by atoms with Gasteiger partial charge in [-0.05, 0) is 37.0 Å². The standard InChI is InChI=1S/C17H20Cl2N2O3S/c18-15-6-5-14(12-16(15)19)25(23,24)21-9-7-20(8-10-21)17(22)11-13-3-1-2-4-13/h1,3,5-6,12-13H,2,4,7-11H2. The summed E-state index contributed by atoms with van der Waals surface area (Å²) in [5.74, 6) is 0.425. The van der Waals surface area contributed by atoms with Crippen molar-refractivity contribution in [1.82, 2.24) is 9.21 Å². The third kappa shape index (κ3) is 4.19. The molecule has 1 aliphatic heterocycles. The molecule has 0 N–H and O–H groups in total. The molecule has 1 aromatic rings. The van der Waals surface area contributed by atoms with E-state index in [1.807, 2.05) is 0 Å². The molecule has 0 saturated carbocycles. The van der Waals surface area contributed by atoms with Crippen LogP contribution in [-0.2, 0) is 14.8 Å². The van der Waals surface area contributed by atoms with Crippen molar-refractivity contribution in [3.8, 4) is 0 Å². The van der Waals surface area contributed by atoms with Crippen molar-refractivity contribution in [2.24, 2.45) is 5.92 Å². The molecule has 8 heteroatoms. The maximum atomic E-state index is 12.7. The fraction of sp³-hybridized carbons (Fsp3) is 0.471. The molecule has 0 radical (unpaired) electrons. The van der Waals surface area contributed by atoms with Crippen LogP contribution in [0.25, 0.3) is 0 Å². The quantitative estimate of drug-likeness (QED) is 0.726. The van der Waals surface area contributed by atoms with E-state index in [1.54, 1.807) is 4.90 Å². The predicted molar refractivity (Wildman–Crippen MR) is 98.3 cm³/mol. The topological polar surface area (TPSA) is 57.7 Å². The summed E-state index contributed by atoms with van der Waals surface area (Å²) in [5.41, 5.74) is 0. The number of carbonyl (C=O) groups is 1. The molecule has 1 unspecified atom stereocenters. The van der Waals surface area contributed by atoms with Crippen molar-refractivity contribution in [2.45, 2.75) is 24.2 Å². The summed E-state index contributed by atoms with van der Waals surface area (Å²) in [6.07, 6.45) is 6.78. The third-order valence-electron chi connectivity index (χ3n) is 4.67. The van der Waals surface area contributed by atoms with Crippen LogP contribution < -0.4 is 0 Å². The van der Waals surface area contributed by atoms with Crippen molar-refractivity contribution >= 4 is 39.1 Å². The minimum Gasteiger partial charge on any atom is -0.340 e. The highest BCUT2D eigenvalue weighted by atomic mass is 35.5. The van der Waals surface area contributed by atoms with E-state index in [2.05, 4.69) is 12.2 Å². The molecule has 1 aliphatic carbocycles. The molecule has 5 nitrogen and oxygen atoms in total. The van der Waals surface area contributed by atoms with E-state index in [4.69, 9.17) is 23.2 Å². The van der Waals surface area contributed by atoms with Crippen molar-refractivity contribution < 1.29 is 13.2 Å². The number of piperazine rings is 1. The molecule has 2 aliphatic rings. The largest absolute Gasteiger partial charge is 0.340 e. The first-order valence-corrected chi connectivity index (χ1v) is 10.5. The molecule has 0 spiro atoms. The monoisotopic (exact) mass is 402 g/mol. The van der Waals surface area contributed by atoms with Crippen LogP contribution in [0.3, 0.4) is 0 Å². The number of hydrogen-bond acceptors (Lipinski definition) is 3. The van der Waals surface area contributed by atoms with E-state index in [0.29, 0.717) is 30.5 Å². The summed E-state index contributed by atoms with van der Waals surface area (Å²) in [7, 11) is -3.63. The Kier molecular flexibility index (Phi) is 5.73. The van der Waals surface area contributed by atoms with Gasteiger partial charge in [-0.1, -0.05) is 35.4 Å². The molecule has 3 rings (SSSR count). The summed E-state index contributed by atoms with van der Waals surface area (Å²) in [6, 6.07) is 4.29. The van der Waals surface area contributed by atoms with Gasteiger partial charge >= 0.3 is 0 Å². The summed E-state index contributed by atoms with van der Waals surface area (Å²) in [6.45, 7) is 1.40. The Labute approximate surface area is 158 Å². The van der Waals surface area contributed by atoms with E-state index < -0.39 is 10.0 Å². The molecule has 1 heterocycles. The molecule has 136 valence electrons. The Balaban J connectivity index is 1.61. The van der Waals surface area contributed by atoms with Gasteiger partial charge in [-0.3, -0.25) is 4.79 Å². The van der Waals surface area contributed by atoms with Crippen LogP contribution in [0.15, 0.2) is 35.2 Å². The van der Waals surface area contributed by atoms with E-state index in [1.165, 1.54) is 22.5 Å². The Morgan fingerprint density at radius 2 is 1.84 bits per heavy atom. The van der Waals surface area contributed by atoms with E-state index in [-0.39, 0.29) is 28.9 Å². The lowest BCUT2D eigenvalue weighted by atomic mass is 10.0. The molecule has 1 saturated heterocycles. The van der Waals surface area contributed by atoms with Gasteiger partial charge in [-0.25, -0.2) is 8.42 Å². The molecule has 25 heavy (non-hydrogen) atoms. The van der Waals surface area contributed by atoms with E-state index >= 15 is 0 Å². The average molecular weight is 403 g/mol. The molecule has 0 aromatic heterocycles. The van der Waals surface area contributed by atoms with Gasteiger partial charge in [0.25, 0.3) is 0 Å². The fourth-order valence-electron chi connectivity index (χ4n) is 3.18.